The fraction of sp³-hybridized carbons (Fsp3) is 0.0392. The number of pyridine rings is 3. The van der Waals surface area contributed by atoms with E-state index in [1.807, 2.05) is 35.7 Å². The molecule has 4 nitrogen and oxygen atoms in total. The maximum Gasteiger partial charge on any atom is 0.0896 e. The number of fused-ring (bicyclic) bond motifs is 8. The molecule has 6 aromatic carbocycles. The van der Waals surface area contributed by atoms with Crippen molar-refractivity contribution in [1.29, 1.82) is 0 Å². The van der Waals surface area contributed by atoms with Crippen molar-refractivity contribution in [3.8, 4) is 44.9 Å². The molecule has 5 heterocycles. The van der Waals surface area contributed by atoms with Gasteiger partial charge in [-0.05, 0) is 105 Å². The first-order valence-corrected chi connectivity index (χ1v) is 19.7. The summed E-state index contributed by atoms with van der Waals surface area (Å²) >= 11 is 1.84. The van der Waals surface area contributed by atoms with E-state index in [0.29, 0.717) is 0 Å². The van der Waals surface area contributed by atoms with E-state index >= 15 is 0 Å². The number of rotatable bonds is 5. The van der Waals surface area contributed by atoms with Gasteiger partial charge in [-0.3, -0.25) is 4.98 Å². The topological polar surface area (TPSA) is 41.9 Å². The summed E-state index contributed by atoms with van der Waals surface area (Å²) in [5.74, 6) is 0. The predicted octanol–water partition coefficient (Wildman–Crippen LogP) is 13.4. The zero-order chi connectivity index (χ0) is 37.2. The highest BCUT2D eigenvalue weighted by Crippen LogP contribution is 2.46. The Kier molecular flexibility index (Phi) is 7.61. The van der Waals surface area contributed by atoms with Crippen LogP contribution in [-0.2, 0) is 0 Å². The van der Waals surface area contributed by atoms with Gasteiger partial charge in [-0.25, -0.2) is 9.97 Å². The number of nitrogens with zero attached hydrogens (tertiary/aromatic N) is 4. The highest BCUT2D eigenvalue weighted by atomic mass is 32.1. The zero-order valence-electron chi connectivity index (χ0n) is 30.6. The van der Waals surface area contributed by atoms with Crippen LogP contribution in [0, 0.1) is 0 Å². The van der Waals surface area contributed by atoms with Gasteiger partial charge in [-0.2, -0.15) is 0 Å². The molecule has 264 valence electrons. The Bertz CT molecular complexity index is 3220. The number of thiophene rings is 1. The zero-order valence-corrected chi connectivity index (χ0v) is 31.4. The Labute approximate surface area is 328 Å². The average Bonchev–Trinajstić information content (AvgIpc) is 3.66. The number of benzene rings is 6. The van der Waals surface area contributed by atoms with Gasteiger partial charge in [-0.1, -0.05) is 115 Å². The van der Waals surface area contributed by atoms with Crippen molar-refractivity contribution in [2.75, 3.05) is 7.05 Å². The molecule has 0 fully saturated rings. The van der Waals surface area contributed by atoms with Gasteiger partial charge in [0.25, 0.3) is 0 Å². The van der Waals surface area contributed by atoms with Crippen molar-refractivity contribution in [2.45, 2.75) is 6.04 Å². The van der Waals surface area contributed by atoms with Crippen LogP contribution in [0.4, 0.5) is 0 Å². The van der Waals surface area contributed by atoms with E-state index in [1.165, 1.54) is 52.7 Å². The maximum atomic E-state index is 5.49. The molecular formula is C51H34N4S. The van der Waals surface area contributed by atoms with Crippen molar-refractivity contribution in [2.24, 2.45) is 0 Å². The third kappa shape index (κ3) is 5.39. The molecule has 10 aromatic rings. The Balaban J connectivity index is 1.05. The molecule has 1 atom stereocenters. The first-order valence-electron chi connectivity index (χ1n) is 18.9. The Morgan fingerprint density at radius 2 is 1.29 bits per heavy atom. The molecule has 4 aromatic heterocycles. The molecule has 0 spiro atoms. The fourth-order valence-corrected chi connectivity index (χ4v) is 9.58. The summed E-state index contributed by atoms with van der Waals surface area (Å²) in [7, 11) is 2.09. The van der Waals surface area contributed by atoms with Gasteiger partial charge in [0, 0.05) is 39.7 Å². The lowest BCUT2D eigenvalue weighted by atomic mass is 9.93. The highest BCUT2D eigenvalue weighted by molar-refractivity contribution is 7.26. The second-order valence-electron chi connectivity index (χ2n) is 14.5. The summed E-state index contributed by atoms with van der Waals surface area (Å²) in [5.41, 5.74) is 10.5. The summed E-state index contributed by atoms with van der Waals surface area (Å²) in [4.78, 5) is 17.4. The lowest BCUT2D eigenvalue weighted by Crippen LogP contribution is -2.20. The van der Waals surface area contributed by atoms with Gasteiger partial charge >= 0.3 is 0 Å². The van der Waals surface area contributed by atoms with Crippen molar-refractivity contribution in [3.05, 3.63) is 188 Å². The molecule has 0 radical (unpaired) electrons. The van der Waals surface area contributed by atoms with E-state index in [1.54, 1.807) is 0 Å². The normalized spacial score (nSPS) is 14.2. The number of aromatic nitrogens is 3. The molecule has 0 amide bonds. The molecule has 5 heteroatoms. The van der Waals surface area contributed by atoms with Crippen LogP contribution in [-0.4, -0.2) is 26.9 Å². The van der Waals surface area contributed by atoms with Crippen LogP contribution < -0.4 is 0 Å². The van der Waals surface area contributed by atoms with Gasteiger partial charge < -0.3 is 4.90 Å². The van der Waals surface area contributed by atoms with Crippen molar-refractivity contribution < 1.29 is 0 Å². The van der Waals surface area contributed by atoms with Gasteiger partial charge in [0.15, 0.2) is 0 Å². The number of allylic oxidation sites excluding steroid dienone is 2. The minimum Gasteiger partial charge on any atom is -0.368 e. The lowest BCUT2D eigenvalue weighted by molar-refractivity contribution is 0.383. The molecule has 1 aliphatic rings. The molecule has 0 saturated heterocycles. The van der Waals surface area contributed by atoms with Crippen LogP contribution in [0.3, 0.4) is 0 Å². The molecule has 1 aliphatic heterocycles. The third-order valence-corrected chi connectivity index (χ3v) is 12.3. The van der Waals surface area contributed by atoms with Crippen LogP contribution >= 0.6 is 11.3 Å². The standard InChI is InChI=1S/C51H34N4S/c1-55-27-11-9-18-47(55)46-31-36(30-45(53-46)44-17-8-10-26-52-44)33-22-20-32(21-23-33)34-24-25-43-42(28-34)49-40-16-6-7-19-48(40)56-51(49)50(54-43)41-29-35-12-2-3-13-37(35)38-14-4-5-15-39(38)41/h2-31,47H,1H3. The van der Waals surface area contributed by atoms with Crippen molar-refractivity contribution >= 4 is 64.0 Å². The minimum atomic E-state index is 0.0402. The molecule has 56 heavy (non-hydrogen) atoms. The summed E-state index contributed by atoms with van der Waals surface area (Å²) in [5, 5.41) is 8.67. The van der Waals surface area contributed by atoms with E-state index < -0.39 is 0 Å². The Hall–Kier alpha value is -6.95. The molecule has 0 aliphatic carbocycles. The number of likely N-dealkylation sites (N-methyl/N-ethyl adjacent to an activating group) is 1. The minimum absolute atomic E-state index is 0.0402. The van der Waals surface area contributed by atoms with Crippen molar-refractivity contribution in [3.63, 3.8) is 0 Å². The Morgan fingerprint density at radius 3 is 2.11 bits per heavy atom. The molecule has 0 N–H and O–H groups in total. The quantitative estimate of drug-likeness (QED) is 0.165. The maximum absolute atomic E-state index is 5.49. The number of hydrogen-bond acceptors (Lipinski definition) is 5. The second kappa shape index (κ2) is 13.1. The predicted molar refractivity (Wildman–Crippen MR) is 236 cm³/mol. The van der Waals surface area contributed by atoms with E-state index in [-0.39, 0.29) is 6.04 Å². The largest absolute Gasteiger partial charge is 0.368 e. The fourth-order valence-electron chi connectivity index (χ4n) is 8.36. The SMILES string of the molecule is CN1C=CC=CC1c1cc(-c2ccc(-c3ccc4nc(-c5cc6ccccc6c6ccccc56)c5sc6ccccc6c5c4c3)cc2)cc(-c2ccccn2)n1. The second-order valence-corrected chi connectivity index (χ2v) is 15.5. The third-order valence-electron chi connectivity index (χ3n) is 11.1. The van der Waals surface area contributed by atoms with Crippen LogP contribution in [0.15, 0.2) is 182 Å². The van der Waals surface area contributed by atoms with E-state index in [2.05, 4.69) is 175 Å². The monoisotopic (exact) mass is 734 g/mol. The Morgan fingerprint density at radius 1 is 0.554 bits per heavy atom. The summed E-state index contributed by atoms with van der Waals surface area (Å²) in [6, 6.07) is 54.6. The molecule has 11 rings (SSSR count). The average molecular weight is 735 g/mol. The van der Waals surface area contributed by atoms with Gasteiger partial charge in [0.1, 0.15) is 0 Å². The van der Waals surface area contributed by atoms with Crippen LogP contribution in [0.1, 0.15) is 11.7 Å². The van der Waals surface area contributed by atoms with E-state index in [4.69, 9.17) is 9.97 Å². The van der Waals surface area contributed by atoms with Crippen LogP contribution in [0.2, 0.25) is 0 Å². The molecular weight excluding hydrogens is 701 g/mol. The lowest BCUT2D eigenvalue weighted by Gasteiger charge is -2.26. The first kappa shape index (κ1) is 32.5. The van der Waals surface area contributed by atoms with Crippen LogP contribution in [0.5, 0.6) is 0 Å². The molecule has 0 bridgehead atoms. The summed E-state index contributed by atoms with van der Waals surface area (Å²) in [6.07, 6.45) is 10.2. The van der Waals surface area contributed by atoms with Crippen LogP contribution in [0.25, 0.3) is 97.5 Å². The summed E-state index contributed by atoms with van der Waals surface area (Å²) in [6.45, 7) is 0. The summed E-state index contributed by atoms with van der Waals surface area (Å²) < 4.78 is 2.49. The molecule has 1 unspecified atom stereocenters. The number of hydrogen-bond donors (Lipinski definition) is 0. The van der Waals surface area contributed by atoms with E-state index in [0.717, 1.165) is 50.5 Å². The van der Waals surface area contributed by atoms with Crippen molar-refractivity contribution in [1.82, 2.24) is 19.9 Å². The van der Waals surface area contributed by atoms with Gasteiger partial charge in [0.05, 0.1) is 39.0 Å². The van der Waals surface area contributed by atoms with Gasteiger partial charge in [0.2, 0.25) is 0 Å². The highest BCUT2D eigenvalue weighted by Gasteiger charge is 2.21. The van der Waals surface area contributed by atoms with Gasteiger partial charge in [-0.15, -0.1) is 11.3 Å². The van der Waals surface area contributed by atoms with E-state index in [9.17, 15) is 0 Å². The first-order chi connectivity index (χ1) is 27.7. The smallest absolute Gasteiger partial charge is 0.0896 e. The molecule has 0 saturated carbocycles.